The predicted molar refractivity (Wildman–Crippen MR) is 230 cm³/mol. The summed E-state index contributed by atoms with van der Waals surface area (Å²) in [6.45, 7) is 22.3. The number of aliphatic hydroxyl groups excluding tert-OH is 2. The van der Waals surface area contributed by atoms with Crippen LogP contribution in [-0.2, 0) is 34.1 Å². The Morgan fingerprint density at radius 3 is 2.34 bits per heavy atom. The van der Waals surface area contributed by atoms with Gasteiger partial charge in [0.15, 0.2) is 6.61 Å². The first-order valence-corrected chi connectivity index (χ1v) is 22.0. The largest absolute Gasteiger partial charge is 0.483 e. The summed E-state index contributed by atoms with van der Waals surface area (Å²) >= 11 is 0. The van der Waals surface area contributed by atoms with Gasteiger partial charge in [-0.3, -0.25) is 19.3 Å². The fourth-order valence-corrected chi connectivity index (χ4v) is 9.67. The van der Waals surface area contributed by atoms with Gasteiger partial charge in [0.1, 0.15) is 17.9 Å². The Bertz CT molecular complexity index is 1630. The quantitative estimate of drug-likeness (QED) is 0.168. The fourth-order valence-electron chi connectivity index (χ4n) is 9.67. The third-order valence-electron chi connectivity index (χ3n) is 14.0. The van der Waals surface area contributed by atoms with Crippen LogP contribution in [0.4, 0.5) is 0 Å². The normalized spacial score (nSPS) is 27.5. The van der Waals surface area contributed by atoms with Crippen molar-refractivity contribution in [1.82, 2.24) is 25.1 Å². The summed E-state index contributed by atoms with van der Waals surface area (Å²) in [6, 6.07) is 16.1. The van der Waals surface area contributed by atoms with Gasteiger partial charge in [0, 0.05) is 57.3 Å². The molecule has 58 heavy (non-hydrogen) atoms. The molecule has 2 heterocycles. The molecule has 0 bridgehead atoms. The van der Waals surface area contributed by atoms with E-state index in [9.17, 15) is 19.8 Å². The Morgan fingerprint density at radius 2 is 1.69 bits per heavy atom. The van der Waals surface area contributed by atoms with E-state index in [0.29, 0.717) is 37.4 Å². The van der Waals surface area contributed by atoms with Crippen LogP contribution in [0, 0.1) is 35.0 Å². The summed E-state index contributed by atoms with van der Waals surface area (Å²) in [5.41, 5.74) is 3.33. The summed E-state index contributed by atoms with van der Waals surface area (Å²) in [5, 5.41) is 26.5. The number of likely N-dealkylation sites (N-methyl/N-ethyl adjacent to an activating group) is 1. The molecule has 3 aliphatic rings. The zero-order valence-electron chi connectivity index (χ0n) is 37.2. The van der Waals surface area contributed by atoms with Gasteiger partial charge in [-0.25, -0.2) is 0 Å². The highest BCUT2D eigenvalue weighted by Gasteiger charge is 2.51. The number of carbonyl (C=O) groups is 2. The number of para-hydroxylation sites is 1. The number of benzene rings is 2. The predicted octanol–water partition coefficient (Wildman–Crippen LogP) is 5.96. The van der Waals surface area contributed by atoms with E-state index in [1.165, 1.54) is 12.8 Å². The molecule has 11 heteroatoms. The minimum atomic E-state index is -0.861. The molecular formula is C47H75N5O6. The van der Waals surface area contributed by atoms with Crippen LogP contribution in [0.2, 0.25) is 0 Å². The fraction of sp³-hybridized carbons (Fsp3) is 0.702. The Hall–Kier alpha value is -3.06. The molecule has 2 aliphatic heterocycles. The topological polar surface area (TPSA) is 118 Å². The molecule has 0 unspecified atom stereocenters. The van der Waals surface area contributed by atoms with E-state index in [4.69, 9.17) is 9.57 Å². The smallest absolute Gasteiger partial charge is 0.259 e. The average molecular weight is 806 g/mol. The molecule has 0 radical (unpaired) electrons. The first kappa shape index (κ1) is 46.0. The number of rotatable bonds is 18. The van der Waals surface area contributed by atoms with Gasteiger partial charge in [-0.05, 0) is 92.0 Å². The van der Waals surface area contributed by atoms with E-state index >= 15 is 0 Å². The second-order valence-corrected chi connectivity index (χ2v) is 19.1. The highest BCUT2D eigenvalue weighted by atomic mass is 16.7. The highest BCUT2D eigenvalue weighted by molar-refractivity contribution is 5.83. The lowest BCUT2D eigenvalue weighted by Gasteiger charge is -2.50. The van der Waals surface area contributed by atoms with Gasteiger partial charge >= 0.3 is 0 Å². The number of nitrogens with one attached hydrogen (secondary N) is 1. The van der Waals surface area contributed by atoms with Crippen molar-refractivity contribution in [2.45, 2.75) is 131 Å². The minimum absolute atomic E-state index is 0.00728. The molecule has 2 saturated heterocycles. The van der Waals surface area contributed by atoms with Crippen molar-refractivity contribution in [3.63, 3.8) is 0 Å². The Morgan fingerprint density at radius 1 is 1.00 bits per heavy atom. The zero-order chi connectivity index (χ0) is 42.3. The third kappa shape index (κ3) is 11.4. The lowest BCUT2D eigenvalue weighted by molar-refractivity contribution is -0.182. The number of ether oxygens (including phenoxy) is 1. The average Bonchev–Trinajstić information content (AvgIpc) is 3.83. The van der Waals surface area contributed by atoms with E-state index in [0.717, 1.165) is 54.9 Å². The maximum atomic E-state index is 14.4. The summed E-state index contributed by atoms with van der Waals surface area (Å²) in [5.74, 6) is 1.52. The number of aliphatic hydroxyl groups is 2. The van der Waals surface area contributed by atoms with E-state index < -0.39 is 24.2 Å². The Balaban J connectivity index is 1.40. The number of hydroxylamine groups is 2. The number of nitrogens with zero attached hydrogens (tertiary/aromatic N) is 4. The van der Waals surface area contributed by atoms with Crippen molar-refractivity contribution in [2.75, 3.05) is 46.9 Å². The van der Waals surface area contributed by atoms with Gasteiger partial charge in [-0.15, -0.1) is 0 Å². The van der Waals surface area contributed by atoms with Gasteiger partial charge in [-0.1, -0.05) is 90.9 Å². The molecule has 3 N–H and O–H groups in total. The molecule has 9 atom stereocenters. The van der Waals surface area contributed by atoms with Crippen molar-refractivity contribution < 1.29 is 29.4 Å². The molecule has 2 amide bonds. The first-order chi connectivity index (χ1) is 27.5. The summed E-state index contributed by atoms with van der Waals surface area (Å²) in [6.07, 6.45) is 2.82. The van der Waals surface area contributed by atoms with Crippen LogP contribution in [0.25, 0.3) is 0 Å². The maximum Gasteiger partial charge on any atom is 0.259 e. The molecule has 1 saturated carbocycles. The van der Waals surface area contributed by atoms with Gasteiger partial charge < -0.3 is 30.1 Å². The van der Waals surface area contributed by atoms with Crippen LogP contribution in [0.5, 0.6) is 5.75 Å². The van der Waals surface area contributed by atoms with Crippen molar-refractivity contribution in [3.8, 4) is 5.75 Å². The number of amides is 2. The summed E-state index contributed by atoms with van der Waals surface area (Å²) in [7, 11) is 3.48. The molecule has 0 spiro atoms. The lowest BCUT2D eigenvalue weighted by atomic mass is 9.58. The number of carbonyl (C=O) groups excluding carboxylic acids is 2. The molecule has 1 aliphatic carbocycles. The van der Waals surface area contributed by atoms with Crippen LogP contribution in [0.3, 0.4) is 0 Å². The summed E-state index contributed by atoms with van der Waals surface area (Å²) < 4.78 is 6.13. The number of hydrogen-bond donors (Lipinski definition) is 3. The molecule has 0 aromatic heterocycles. The van der Waals surface area contributed by atoms with Crippen LogP contribution < -0.4 is 10.1 Å². The second kappa shape index (κ2) is 20.5. The molecule has 324 valence electrons. The van der Waals surface area contributed by atoms with Crippen molar-refractivity contribution in [3.05, 3.63) is 65.2 Å². The van der Waals surface area contributed by atoms with Crippen molar-refractivity contribution in [1.29, 1.82) is 0 Å². The van der Waals surface area contributed by atoms with Crippen LogP contribution in [0.1, 0.15) is 97.8 Å². The SMILES string of the molecule is CC(C)C[C@@H](CN1CCCC1)N(Cc1cccc(CN2O[C@@H](CO)[C@@H]([C@H](C)O)[C@H]2C(=O)N[C@H]2C[C@@H](C)C(C)(C)[C@@H](C)[C@@H]2C)c1)Cc1ccccc1OCC(=O)N(C)C. The van der Waals surface area contributed by atoms with Crippen LogP contribution >= 0.6 is 0 Å². The Labute approximate surface area is 349 Å². The molecule has 2 aromatic rings. The van der Waals surface area contributed by atoms with Gasteiger partial charge in [0.05, 0.1) is 19.3 Å². The molecule has 5 rings (SSSR count). The minimum Gasteiger partial charge on any atom is -0.483 e. The highest BCUT2D eigenvalue weighted by Crippen LogP contribution is 2.47. The zero-order valence-corrected chi connectivity index (χ0v) is 37.2. The second-order valence-electron chi connectivity index (χ2n) is 19.1. The standard InChI is InChI=1S/C47H75N5O6/c1-31(2)22-39(28-50-20-13-14-21-50)51(27-38-18-11-12-19-41(38)57-30-43(55)49(9)10)25-36-16-15-17-37(24-36)26-52-45(44(35(6)54)42(29-53)58-52)46(56)48-40-23-32(3)47(7,8)34(5)33(40)4/h11-12,15-19,24,31-35,39-40,42,44-45,53-54H,13-14,20-23,25-30H2,1-10H3,(H,48,56)/t32-,33+,34+,35+,39+,40+,42+,44-,45+/m1/s1. The van der Waals surface area contributed by atoms with Gasteiger partial charge in [0.2, 0.25) is 5.91 Å². The Kier molecular flexibility index (Phi) is 16.2. The molecule has 3 fully saturated rings. The van der Waals surface area contributed by atoms with Crippen molar-refractivity contribution >= 4 is 11.8 Å². The lowest BCUT2D eigenvalue weighted by Crippen LogP contribution is -2.56. The maximum absolute atomic E-state index is 14.4. The molecule has 11 nitrogen and oxygen atoms in total. The van der Waals surface area contributed by atoms with E-state index in [-0.39, 0.29) is 48.4 Å². The van der Waals surface area contributed by atoms with E-state index in [1.54, 1.807) is 31.0 Å². The third-order valence-corrected chi connectivity index (χ3v) is 14.0. The van der Waals surface area contributed by atoms with E-state index in [2.05, 4.69) is 93.9 Å². The van der Waals surface area contributed by atoms with Gasteiger partial charge in [-0.2, -0.15) is 5.06 Å². The number of hydrogen-bond acceptors (Lipinski definition) is 9. The van der Waals surface area contributed by atoms with Crippen LogP contribution in [-0.4, -0.2) is 119 Å². The van der Waals surface area contributed by atoms with E-state index in [1.807, 2.05) is 18.2 Å². The number of likely N-dealkylation sites (tertiary alicyclic amines) is 1. The molecular weight excluding hydrogens is 731 g/mol. The summed E-state index contributed by atoms with van der Waals surface area (Å²) in [4.78, 5) is 39.9. The molecule has 2 aromatic carbocycles. The van der Waals surface area contributed by atoms with Gasteiger partial charge in [0.25, 0.3) is 5.91 Å². The van der Waals surface area contributed by atoms with Crippen LogP contribution in [0.15, 0.2) is 48.5 Å². The van der Waals surface area contributed by atoms with Crippen molar-refractivity contribution in [2.24, 2.45) is 35.0 Å². The first-order valence-electron chi connectivity index (χ1n) is 22.0. The monoisotopic (exact) mass is 806 g/mol.